The molecule has 7 heteroatoms. The van der Waals surface area contributed by atoms with Crippen molar-refractivity contribution in [1.29, 1.82) is 0 Å². The Balaban J connectivity index is 2.10. The number of ether oxygens (including phenoxy) is 1. The van der Waals surface area contributed by atoms with E-state index in [0.29, 0.717) is 12.8 Å². The molecule has 0 spiro atoms. The smallest absolute Gasteiger partial charge is 0.311 e. The lowest BCUT2D eigenvalue weighted by Gasteiger charge is -2.22. The third-order valence-corrected chi connectivity index (χ3v) is 3.61. The van der Waals surface area contributed by atoms with Gasteiger partial charge in [0.05, 0.1) is 4.92 Å². The van der Waals surface area contributed by atoms with Crippen LogP contribution in [0.2, 0.25) is 0 Å². The van der Waals surface area contributed by atoms with Crippen molar-refractivity contribution in [2.75, 3.05) is 7.05 Å². The molecule has 0 bridgehead atoms. The molecule has 2 rings (SSSR count). The summed E-state index contributed by atoms with van der Waals surface area (Å²) in [5.41, 5.74) is 0.779. The molecule has 0 N–H and O–H groups in total. The molecule has 0 aromatic heterocycles. The molecule has 0 heterocycles. The second-order valence-corrected chi connectivity index (χ2v) is 5.54. The Bertz CT molecular complexity index is 776. The van der Waals surface area contributed by atoms with Crippen molar-refractivity contribution < 1.29 is 19.2 Å². The van der Waals surface area contributed by atoms with Crippen molar-refractivity contribution in [1.82, 2.24) is 4.90 Å². The predicted octanol–water partition coefficient (Wildman–Crippen LogP) is 2.83. The van der Waals surface area contributed by atoms with Crippen LogP contribution in [-0.4, -0.2) is 35.2 Å². The normalized spacial score (nSPS) is 11.4. The van der Waals surface area contributed by atoms with Crippen LogP contribution in [0.4, 0.5) is 5.69 Å². The van der Waals surface area contributed by atoms with Gasteiger partial charge in [0.2, 0.25) is 0 Å². The minimum atomic E-state index is -0.908. The molecule has 1 atom stereocenters. The third kappa shape index (κ3) is 4.63. The number of nitrogens with zero attached hydrogens (tertiary/aromatic N) is 2. The van der Waals surface area contributed by atoms with E-state index >= 15 is 0 Å². The molecule has 0 aliphatic rings. The average Bonchev–Trinajstić information content (AvgIpc) is 2.61. The van der Waals surface area contributed by atoms with Gasteiger partial charge in [-0.15, -0.1) is 0 Å². The molecule has 7 nitrogen and oxygen atoms in total. The van der Waals surface area contributed by atoms with Gasteiger partial charge >= 0.3 is 5.69 Å². The summed E-state index contributed by atoms with van der Waals surface area (Å²) < 4.78 is 5.48. The predicted molar refractivity (Wildman–Crippen MR) is 91.5 cm³/mol. The van der Waals surface area contributed by atoms with E-state index in [2.05, 4.69) is 0 Å². The lowest BCUT2D eigenvalue weighted by atomic mass is 10.2. The first kappa shape index (κ1) is 18.1. The van der Waals surface area contributed by atoms with Crippen molar-refractivity contribution in [3.05, 3.63) is 69.8 Å². The summed E-state index contributed by atoms with van der Waals surface area (Å²) in [5.74, 6) is -0.359. The number of carbonyl (C=O) groups excluding carboxylic acids is 2. The molecule has 25 heavy (non-hydrogen) atoms. The quantitative estimate of drug-likeness (QED) is 0.438. The number of hydrogen-bond donors (Lipinski definition) is 0. The van der Waals surface area contributed by atoms with Gasteiger partial charge in [0.25, 0.3) is 5.91 Å². The molecule has 2 aromatic rings. The standard InChI is InChI=1S/C18H18N2O5/c1-13(18(22)19(2)11-14-6-4-3-5-7-14)25-17-9-8-15(12-21)10-16(17)20(23)24/h3-10,12-13H,11H2,1-2H3/t13-/m0/s1. The van der Waals surface area contributed by atoms with Gasteiger partial charge in [-0.3, -0.25) is 19.7 Å². The molecule has 0 aliphatic carbocycles. The molecule has 130 valence electrons. The molecular formula is C18H18N2O5. The highest BCUT2D eigenvalue weighted by Crippen LogP contribution is 2.28. The monoisotopic (exact) mass is 342 g/mol. The highest BCUT2D eigenvalue weighted by molar-refractivity contribution is 5.81. The molecule has 2 aromatic carbocycles. The summed E-state index contributed by atoms with van der Waals surface area (Å²) in [6.07, 6.45) is -0.395. The fourth-order valence-electron chi connectivity index (χ4n) is 2.34. The number of nitro benzene ring substituents is 1. The van der Waals surface area contributed by atoms with Crippen LogP contribution in [0.1, 0.15) is 22.8 Å². The van der Waals surface area contributed by atoms with E-state index in [9.17, 15) is 19.7 Å². The molecule has 0 saturated carbocycles. The molecule has 0 saturated heterocycles. The third-order valence-electron chi connectivity index (χ3n) is 3.61. The van der Waals surface area contributed by atoms with Gasteiger partial charge in [-0.05, 0) is 24.6 Å². The fourth-order valence-corrected chi connectivity index (χ4v) is 2.34. The summed E-state index contributed by atoms with van der Waals surface area (Å²) in [7, 11) is 1.64. The Hall–Kier alpha value is -3.22. The van der Waals surface area contributed by atoms with Crippen molar-refractivity contribution in [2.24, 2.45) is 0 Å². The number of hydrogen-bond acceptors (Lipinski definition) is 5. The van der Waals surface area contributed by atoms with Gasteiger partial charge in [-0.1, -0.05) is 30.3 Å². The van der Waals surface area contributed by atoms with Crippen LogP contribution < -0.4 is 4.74 Å². The van der Waals surface area contributed by atoms with Gasteiger partial charge in [-0.2, -0.15) is 0 Å². The van der Waals surface area contributed by atoms with Crippen LogP contribution in [0, 0.1) is 10.1 Å². The highest BCUT2D eigenvalue weighted by Gasteiger charge is 2.24. The first-order valence-electron chi connectivity index (χ1n) is 7.61. The van der Waals surface area contributed by atoms with Crippen LogP contribution >= 0.6 is 0 Å². The SMILES string of the molecule is C[C@H](Oc1ccc(C=O)cc1[N+](=O)[O-])C(=O)N(C)Cc1ccccc1. The van der Waals surface area contributed by atoms with Crippen molar-refractivity contribution in [3.8, 4) is 5.75 Å². The van der Waals surface area contributed by atoms with E-state index in [1.165, 1.54) is 24.0 Å². The first-order valence-corrected chi connectivity index (χ1v) is 7.61. The number of amides is 1. The van der Waals surface area contributed by atoms with E-state index in [4.69, 9.17) is 4.74 Å². The van der Waals surface area contributed by atoms with Gasteiger partial charge in [0.1, 0.15) is 6.29 Å². The van der Waals surface area contributed by atoms with Crippen LogP contribution in [0.3, 0.4) is 0 Å². The maximum absolute atomic E-state index is 12.4. The van der Waals surface area contributed by atoms with Crippen LogP contribution in [-0.2, 0) is 11.3 Å². The lowest BCUT2D eigenvalue weighted by Crippen LogP contribution is -2.37. The summed E-state index contributed by atoms with van der Waals surface area (Å²) in [4.78, 5) is 35.2. The van der Waals surface area contributed by atoms with Gasteiger partial charge < -0.3 is 9.64 Å². The number of rotatable bonds is 7. The zero-order valence-corrected chi connectivity index (χ0v) is 13.9. The number of likely N-dealkylation sites (N-methyl/N-ethyl adjacent to an activating group) is 1. The van der Waals surface area contributed by atoms with Gasteiger partial charge in [0.15, 0.2) is 11.9 Å². The van der Waals surface area contributed by atoms with Crippen molar-refractivity contribution in [3.63, 3.8) is 0 Å². The van der Waals surface area contributed by atoms with E-state index in [0.717, 1.165) is 11.6 Å². The molecule has 1 amide bonds. The highest BCUT2D eigenvalue weighted by atomic mass is 16.6. The molecule has 0 unspecified atom stereocenters. The van der Waals surface area contributed by atoms with E-state index < -0.39 is 11.0 Å². The molecule has 0 aliphatic heterocycles. The van der Waals surface area contributed by atoms with E-state index in [1.54, 1.807) is 7.05 Å². The van der Waals surface area contributed by atoms with E-state index in [1.807, 2.05) is 30.3 Å². The van der Waals surface area contributed by atoms with E-state index in [-0.39, 0.29) is 22.9 Å². The topological polar surface area (TPSA) is 89.7 Å². The Kier molecular flexibility index (Phi) is 5.84. The summed E-state index contributed by atoms with van der Waals surface area (Å²) >= 11 is 0. The Labute approximate surface area is 145 Å². The fraction of sp³-hybridized carbons (Fsp3) is 0.222. The zero-order chi connectivity index (χ0) is 18.4. The Morgan fingerprint density at radius 3 is 2.56 bits per heavy atom. The maximum atomic E-state index is 12.4. The number of carbonyl (C=O) groups is 2. The number of benzene rings is 2. The Morgan fingerprint density at radius 2 is 1.96 bits per heavy atom. The van der Waals surface area contributed by atoms with Gasteiger partial charge in [-0.25, -0.2) is 0 Å². The van der Waals surface area contributed by atoms with Crippen LogP contribution in [0.25, 0.3) is 0 Å². The minimum absolute atomic E-state index is 0.0513. The summed E-state index contributed by atoms with van der Waals surface area (Å²) in [6.45, 7) is 1.93. The summed E-state index contributed by atoms with van der Waals surface area (Å²) in [5, 5.41) is 11.1. The van der Waals surface area contributed by atoms with Crippen molar-refractivity contribution in [2.45, 2.75) is 19.6 Å². The van der Waals surface area contributed by atoms with Crippen LogP contribution in [0.5, 0.6) is 5.75 Å². The zero-order valence-electron chi connectivity index (χ0n) is 13.9. The minimum Gasteiger partial charge on any atom is -0.474 e. The summed E-state index contributed by atoms with van der Waals surface area (Å²) in [6, 6.07) is 13.3. The van der Waals surface area contributed by atoms with Gasteiger partial charge in [0, 0.05) is 25.2 Å². The first-order chi connectivity index (χ1) is 11.9. The maximum Gasteiger partial charge on any atom is 0.311 e. The largest absolute Gasteiger partial charge is 0.474 e. The molecular weight excluding hydrogens is 324 g/mol. The van der Waals surface area contributed by atoms with Crippen molar-refractivity contribution >= 4 is 17.9 Å². The second kappa shape index (κ2) is 8.05. The second-order valence-electron chi connectivity index (χ2n) is 5.54. The van der Waals surface area contributed by atoms with Crippen LogP contribution in [0.15, 0.2) is 48.5 Å². The number of nitro groups is 1. The number of aldehydes is 1. The molecule has 0 fully saturated rings. The molecule has 0 radical (unpaired) electrons. The Morgan fingerprint density at radius 1 is 1.28 bits per heavy atom. The average molecular weight is 342 g/mol. The lowest BCUT2D eigenvalue weighted by molar-refractivity contribution is -0.386.